The summed E-state index contributed by atoms with van der Waals surface area (Å²) < 4.78 is 41.0. The molecule has 1 spiro atoms. The summed E-state index contributed by atoms with van der Waals surface area (Å²) >= 11 is 0. The molecule has 2 amide bonds. The van der Waals surface area contributed by atoms with E-state index in [2.05, 4.69) is 10.3 Å². The number of hydrogen-bond acceptors (Lipinski definition) is 4. The Kier molecular flexibility index (Phi) is 5.89. The van der Waals surface area contributed by atoms with Crippen LogP contribution in [0, 0.1) is 6.92 Å². The second kappa shape index (κ2) is 8.92. The Morgan fingerprint density at radius 3 is 2.47 bits per heavy atom. The number of carbonyl (C=O) groups is 2. The fourth-order valence-corrected chi connectivity index (χ4v) is 4.89. The van der Waals surface area contributed by atoms with Gasteiger partial charge in [0, 0.05) is 28.8 Å². The first-order chi connectivity index (χ1) is 17.2. The smallest absolute Gasteiger partial charge is 0.325 e. The van der Waals surface area contributed by atoms with E-state index in [1.54, 1.807) is 12.5 Å². The van der Waals surface area contributed by atoms with Gasteiger partial charge in [-0.2, -0.15) is 13.2 Å². The first-order valence-corrected chi connectivity index (χ1v) is 11.6. The highest BCUT2D eigenvalue weighted by molar-refractivity contribution is 6.47. The Hall–Kier alpha value is -3.95. The van der Waals surface area contributed by atoms with Crippen molar-refractivity contribution in [3.05, 3.63) is 77.9 Å². The minimum Gasteiger partial charge on any atom is -0.325 e. The monoisotopic (exact) mass is 495 g/mol. The van der Waals surface area contributed by atoms with Crippen molar-refractivity contribution in [2.45, 2.75) is 44.4 Å². The molecule has 7 nitrogen and oxygen atoms in total. The van der Waals surface area contributed by atoms with Gasteiger partial charge in [0.2, 0.25) is 5.91 Å². The highest BCUT2D eigenvalue weighted by Crippen LogP contribution is 2.41. The van der Waals surface area contributed by atoms with Crippen LogP contribution in [0.1, 0.15) is 42.5 Å². The predicted molar refractivity (Wildman–Crippen MR) is 128 cm³/mol. The standard InChI is InChI=1S/C26H24F3N5O2/c1-17-14-30-16-33(17)21-9-7-18(8-10-21)23-24(36)34(25(32-23)11-2-3-12-25)15-22(35)31-20-6-4-5-19(13-20)26(27,28)29/h4-10,13-14,16H,2-3,11-12,15H2,1H3,(H,31,35). The molecule has 0 bridgehead atoms. The molecule has 36 heavy (non-hydrogen) atoms. The summed E-state index contributed by atoms with van der Waals surface area (Å²) in [4.78, 5) is 36.7. The van der Waals surface area contributed by atoms with Crippen LogP contribution >= 0.6 is 0 Å². The minimum atomic E-state index is -4.52. The molecule has 0 atom stereocenters. The number of nitrogens with one attached hydrogen (secondary N) is 1. The van der Waals surface area contributed by atoms with Gasteiger partial charge >= 0.3 is 6.18 Å². The number of anilines is 1. The van der Waals surface area contributed by atoms with Crippen LogP contribution in [0.5, 0.6) is 0 Å². The molecule has 2 heterocycles. The van der Waals surface area contributed by atoms with E-state index in [-0.39, 0.29) is 23.9 Å². The van der Waals surface area contributed by atoms with E-state index in [4.69, 9.17) is 4.99 Å². The SMILES string of the molecule is Cc1cncn1-c1ccc(C2=NC3(CCCC3)N(CC(=O)Nc3cccc(C(F)(F)F)c3)C2=O)cc1. The van der Waals surface area contributed by atoms with E-state index >= 15 is 0 Å². The number of benzene rings is 2. The van der Waals surface area contributed by atoms with Crippen molar-refractivity contribution in [2.24, 2.45) is 4.99 Å². The summed E-state index contributed by atoms with van der Waals surface area (Å²) in [5, 5.41) is 2.50. The summed E-state index contributed by atoms with van der Waals surface area (Å²) in [6, 6.07) is 11.8. The van der Waals surface area contributed by atoms with Crippen molar-refractivity contribution >= 4 is 23.2 Å². The van der Waals surface area contributed by atoms with Gasteiger partial charge in [0.25, 0.3) is 5.91 Å². The van der Waals surface area contributed by atoms with Crippen molar-refractivity contribution in [3.63, 3.8) is 0 Å². The number of halogens is 3. The van der Waals surface area contributed by atoms with Crippen LogP contribution in [0.2, 0.25) is 0 Å². The molecular weight excluding hydrogens is 471 g/mol. The summed E-state index contributed by atoms with van der Waals surface area (Å²) in [6.45, 7) is 1.64. The maximum Gasteiger partial charge on any atom is 0.416 e. The number of aliphatic imine (C=N–C) groups is 1. The van der Waals surface area contributed by atoms with Gasteiger partial charge in [-0.25, -0.2) is 4.98 Å². The minimum absolute atomic E-state index is 0.0217. The second-order valence-corrected chi connectivity index (χ2v) is 9.12. The van der Waals surface area contributed by atoms with Gasteiger partial charge in [-0.3, -0.25) is 14.6 Å². The van der Waals surface area contributed by atoms with Crippen LogP contribution in [0.3, 0.4) is 0 Å². The lowest BCUT2D eigenvalue weighted by molar-refractivity contribution is -0.137. The molecule has 1 fully saturated rings. The predicted octanol–water partition coefficient (Wildman–Crippen LogP) is 4.74. The zero-order valence-corrected chi connectivity index (χ0v) is 19.5. The summed E-state index contributed by atoms with van der Waals surface area (Å²) in [5.41, 5.74) is 1.16. The number of rotatable bonds is 5. The van der Waals surface area contributed by atoms with Crippen LogP contribution in [0.15, 0.2) is 66.0 Å². The first kappa shape index (κ1) is 23.8. The number of amides is 2. The van der Waals surface area contributed by atoms with Gasteiger partial charge in [0.15, 0.2) is 0 Å². The topological polar surface area (TPSA) is 79.6 Å². The average Bonchev–Trinajstić information content (AvgIpc) is 3.55. The molecule has 1 saturated carbocycles. The van der Waals surface area contributed by atoms with Crippen molar-refractivity contribution in [3.8, 4) is 5.69 Å². The normalized spacial score (nSPS) is 17.1. The molecule has 3 aromatic rings. The van der Waals surface area contributed by atoms with Crippen LogP contribution in [-0.2, 0) is 15.8 Å². The van der Waals surface area contributed by atoms with Crippen molar-refractivity contribution in [2.75, 3.05) is 11.9 Å². The number of nitrogens with zero attached hydrogens (tertiary/aromatic N) is 4. The van der Waals surface area contributed by atoms with Crippen molar-refractivity contribution in [1.29, 1.82) is 0 Å². The zero-order chi connectivity index (χ0) is 25.5. The van der Waals surface area contributed by atoms with Crippen LogP contribution < -0.4 is 5.32 Å². The Morgan fingerprint density at radius 1 is 1.11 bits per heavy atom. The largest absolute Gasteiger partial charge is 0.416 e. The average molecular weight is 496 g/mol. The third kappa shape index (κ3) is 4.38. The van der Waals surface area contributed by atoms with Crippen LogP contribution in [-0.4, -0.2) is 44.2 Å². The Bertz CT molecular complexity index is 1340. The van der Waals surface area contributed by atoms with E-state index in [0.717, 1.165) is 36.4 Å². The van der Waals surface area contributed by atoms with Gasteiger partial charge < -0.3 is 14.8 Å². The Balaban J connectivity index is 1.36. The van der Waals surface area contributed by atoms with E-state index in [0.29, 0.717) is 18.4 Å². The van der Waals surface area contributed by atoms with Gasteiger partial charge in [0.1, 0.15) is 17.9 Å². The molecule has 1 N–H and O–H groups in total. The first-order valence-electron chi connectivity index (χ1n) is 11.6. The fraction of sp³-hybridized carbons (Fsp3) is 0.308. The van der Waals surface area contributed by atoms with Gasteiger partial charge in [-0.05, 0) is 62.9 Å². The summed E-state index contributed by atoms with van der Waals surface area (Å²) in [5.74, 6) is -0.931. The van der Waals surface area contributed by atoms with E-state index < -0.39 is 23.3 Å². The van der Waals surface area contributed by atoms with Gasteiger partial charge in [-0.1, -0.05) is 18.2 Å². The van der Waals surface area contributed by atoms with E-state index in [9.17, 15) is 22.8 Å². The van der Waals surface area contributed by atoms with E-state index in [1.807, 2.05) is 35.8 Å². The zero-order valence-electron chi connectivity index (χ0n) is 19.5. The molecule has 1 aliphatic carbocycles. The lowest BCUT2D eigenvalue weighted by Crippen LogP contribution is -2.48. The van der Waals surface area contributed by atoms with Crippen LogP contribution in [0.25, 0.3) is 5.69 Å². The number of aryl methyl sites for hydroxylation is 1. The molecule has 1 aromatic heterocycles. The lowest BCUT2D eigenvalue weighted by Gasteiger charge is -2.32. The van der Waals surface area contributed by atoms with Crippen LogP contribution in [0.4, 0.5) is 18.9 Å². The highest BCUT2D eigenvalue weighted by Gasteiger charge is 2.49. The highest BCUT2D eigenvalue weighted by atomic mass is 19.4. The van der Waals surface area contributed by atoms with Crippen molar-refractivity contribution < 1.29 is 22.8 Å². The van der Waals surface area contributed by atoms with E-state index in [1.165, 1.54) is 17.0 Å². The number of alkyl halides is 3. The third-order valence-corrected chi connectivity index (χ3v) is 6.69. The molecule has 10 heteroatoms. The molecular formula is C26H24F3N5O2. The molecule has 5 rings (SSSR count). The molecule has 2 aromatic carbocycles. The third-order valence-electron chi connectivity index (χ3n) is 6.69. The molecule has 2 aliphatic rings. The Labute approximate surface area is 205 Å². The summed E-state index contributed by atoms with van der Waals surface area (Å²) in [7, 11) is 0. The molecule has 1 aliphatic heterocycles. The maximum absolute atomic E-state index is 13.5. The molecule has 0 radical (unpaired) electrons. The second-order valence-electron chi connectivity index (χ2n) is 9.12. The fourth-order valence-electron chi connectivity index (χ4n) is 4.89. The quantitative estimate of drug-likeness (QED) is 0.555. The van der Waals surface area contributed by atoms with Gasteiger partial charge in [0.05, 0.1) is 11.9 Å². The number of hydrogen-bond donors (Lipinski definition) is 1. The number of carbonyl (C=O) groups excluding carboxylic acids is 2. The molecule has 186 valence electrons. The molecule has 0 saturated heterocycles. The summed E-state index contributed by atoms with van der Waals surface area (Å²) in [6.07, 6.45) is 1.94. The maximum atomic E-state index is 13.5. The molecule has 0 unspecified atom stereocenters. The lowest BCUT2D eigenvalue weighted by atomic mass is 10.1. The van der Waals surface area contributed by atoms with Gasteiger partial charge in [-0.15, -0.1) is 0 Å². The number of aromatic nitrogens is 2. The van der Waals surface area contributed by atoms with Crippen molar-refractivity contribution in [1.82, 2.24) is 14.5 Å². The Morgan fingerprint density at radius 2 is 1.83 bits per heavy atom. The number of imidazole rings is 1.